The van der Waals surface area contributed by atoms with E-state index in [1.807, 2.05) is 13.0 Å². The summed E-state index contributed by atoms with van der Waals surface area (Å²) < 4.78 is 32.6. The van der Waals surface area contributed by atoms with Crippen molar-refractivity contribution in [2.45, 2.75) is 20.8 Å². The number of amides is 1. The molecule has 0 aliphatic heterocycles. The number of halogens is 1. The Morgan fingerprint density at radius 3 is 2.53 bits per heavy atom. The largest absolute Gasteiger partial charge is 0.449 e. The highest BCUT2D eigenvalue weighted by atomic mass is 79.9. The normalized spacial score (nSPS) is 10.9. The van der Waals surface area contributed by atoms with Gasteiger partial charge in [0.1, 0.15) is 0 Å². The first-order valence-corrected chi connectivity index (χ1v) is 7.77. The first-order valence-electron chi connectivity index (χ1n) is 5.49. The Kier molecular flexibility index (Phi) is 5.19. The van der Waals surface area contributed by atoms with Gasteiger partial charge in [-0.05, 0) is 53.9 Å². The molecule has 19 heavy (non-hydrogen) atoms. The monoisotopic (exact) mass is 350 g/mol. The zero-order valence-electron chi connectivity index (χ0n) is 10.8. The lowest BCUT2D eigenvalue weighted by Gasteiger charge is -2.13. The third-order valence-corrected chi connectivity index (χ3v) is 3.69. The number of hydrogen-bond donors (Lipinski definition) is 2. The van der Waals surface area contributed by atoms with Crippen LogP contribution in [0.2, 0.25) is 0 Å². The van der Waals surface area contributed by atoms with Gasteiger partial charge in [-0.1, -0.05) is 6.07 Å². The van der Waals surface area contributed by atoms with Gasteiger partial charge in [-0.25, -0.2) is 9.52 Å². The Bertz CT molecular complexity index is 563. The lowest BCUT2D eigenvalue weighted by atomic mass is 10.1. The van der Waals surface area contributed by atoms with Gasteiger partial charge in [-0.3, -0.25) is 4.72 Å². The van der Waals surface area contributed by atoms with Gasteiger partial charge in [0.2, 0.25) is 0 Å². The van der Waals surface area contributed by atoms with Gasteiger partial charge in [-0.2, -0.15) is 8.42 Å². The first kappa shape index (κ1) is 15.8. The van der Waals surface area contributed by atoms with E-state index in [0.717, 1.165) is 11.1 Å². The molecule has 0 aliphatic carbocycles. The Morgan fingerprint density at radius 1 is 1.37 bits per heavy atom. The molecule has 2 N–H and O–H groups in total. The molecule has 0 aliphatic rings. The van der Waals surface area contributed by atoms with Crippen LogP contribution < -0.4 is 9.44 Å². The van der Waals surface area contributed by atoms with E-state index in [1.54, 1.807) is 24.6 Å². The second-order valence-electron chi connectivity index (χ2n) is 3.87. The molecule has 0 bridgehead atoms. The standard InChI is InChI=1S/C11H15BrN2O4S/c1-4-18-11(15)14-19(16,17)13-10-8(3)5-7(2)6-9(10)12/h5-6,13H,4H2,1-3H3,(H,14,15). The molecule has 0 heterocycles. The summed E-state index contributed by atoms with van der Waals surface area (Å²) in [6.07, 6.45) is -1.02. The summed E-state index contributed by atoms with van der Waals surface area (Å²) in [5.41, 5.74) is 2.11. The van der Waals surface area contributed by atoms with Crippen LogP contribution in [0.3, 0.4) is 0 Å². The molecule has 106 valence electrons. The molecule has 0 unspecified atom stereocenters. The number of rotatable bonds is 4. The molecule has 6 nitrogen and oxygen atoms in total. The average Bonchev–Trinajstić information content (AvgIpc) is 2.23. The molecular weight excluding hydrogens is 336 g/mol. The summed E-state index contributed by atoms with van der Waals surface area (Å²) >= 11 is 3.28. The SMILES string of the molecule is CCOC(=O)NS(=O)(=O)Nc1c(C)cc(C)cc1Br. The number of anilines is 1. The maximum absolute atomic E-state index is 11.7. The second kappa shape index (κ2) is 6.25. The topological polar surface area (TPSA) is 84.5 Å². The predicted octanol–water partition coefficient (Wildman–Crippen LogP) is 2.47. The summed E-state index contributed by atoms with van der Waals surface area (Å²) in [4.78, 5) is 11.1. The van der Waals surface area contributed by atoms with Gasteiger partial charge < -0.3 is 4.74 Å². The maximum atomic E-state index is 11.7. The van der Waals surface area contributed by atoms with Crippen LogP contribution in [0.25, 0.3) is 0 Å². The summed E-state index contributed by atoms with van der Waals surface area (Å²) in [6.45, 7) is 5.34. The molecule has 0 atom stereocenters. The van der Waals surface area contributed by atoms with Crippen LogP contribution in [-0.2, 0) is 14.9 Å². The average molecular weight is 351 g/mol. The zero-order valence-corrected chi connectivity index (χ0v) is 13.2. The highest BCUT2D eigenvalue weighted by Crippen LogP contribution is 2.28. The fourth-order valence-electron chi connectivity index (χ4n) is 1.48. The van der Waals surface area contributed by atoms with E-state index in [4.69, 9.17) is 0 Å². The predicted molar refractivity (Wildman–Crippen MR) is 76.3 cm³/mol. The van der Waals surface area contributed by atoms with Gasteiger partial charge in [0, 0.05) is 4.47 Å². The molecule has 0 saturated heterocycles. The fourth-order valence-corrected chi connectivity index (χ4v) is 3.25. The number of nitrogens with one attached hydrogen (secondary N) is 2. The van der Waals surface area contributed by atoms with E-state index in [2.05, 4.69) is 25.4 Å². The molecule has 0 fully saturated rings. The molecule has 0 aromatic heterocycles. The van der Waals surface area contributed by atoms with Crippen LogP contribution in [0.4, 0.5) is 10.5 Å². The summed E-state index contributed by atoms with van der Waals surface area (Å²) in [5.74, 6) is 0. The maximum Gasteiger partial charge on any atom is 0.422 e. The van der Waals surface area contributed by atoms with Crippen LogP contribution in [-0.4, -0.2) is 21.1 Å². The Labute approximate surface area is 120 Å². The minimum atomic E-state index is -4.02. The highest BCUT2D eigenvalue weighted by Gasteiger charge is 2.17. The highest BCUT2D eigenvalue weighted by molar-refractivity contribution is 9.10. The minimum absolute atomic E-state index is 0.0919. The minimum Gasteiger partial charge on any atom is -0.449 e. The van der Waals surface area contributed by atoms with Crippen LogP contribution in [0.5, 0.6) is 0 Å². The van der Waals surface area contributed by atoms with E-state index in [0.29, 0.717) is 10.2 Å². The van der Waals surface area contributed by atoms with E-state index in [-0.39, 0.29) is 6.61 Å². The van der Waals surface area contributed by atoms with Crippen molar-refractivity contribution >= 4 is 37.9 Å². The fraction of sp³-hybridized carbons (Fsp3) is 0.364. The summed E-state index contributed by atoms with van der Waals surface area (Å²) in [7, 11) is -4.02. The first-order chi connectivity index (χ1) is 8.75. The van der Waals surface area contributed by atoms with Gasteiger partial charge in [-0.15, -0.1) is 0 Å². The van der Waals surface area contributed by atoms with Crippen molar-refractivity contribution in [3.05, 3.63) is 27.7 Å². The Hall–Kier alpha value is -1.28. The van der Waals surface area contributed by atoms with Crippen LogP contribution in [0.1, 0.15) is 18.1 Å². The third-order valence-electron chi connectivity index (χ3n) is 2.16. The number of carbonyl (C=O) groups is 1. The van der Waals surface area contributed by atoms with Crippen molar-refractivity contribution in [3.8, 4) is 0 Å². The summed E-state index contributed by atoms with van der Waals surface area (Å²) in [5, 5.41) is 0. The zero-order chi connectivity index (χ0) is 14.6. The Balaban J connectivity index is 2.93. The van der Waals surface area contributed by atoms with E-state index in [1.165, 1.54) is 0 Å². The number of aryl methyl sites for hydroxylation is 2. The number of hydrogen-bond acceptors (Lipinski definition) is 4. The lowest BCUT2D eigenvalue weighted by molar-refractivity contribution is 0.159. The molecule has 1 rings (SSSR count). The molecule has 0 saturated carbocycles. The van der Waals surface area contributed by atoms with E-state index >= 15 is 0 Å². The van der Waals surface area contributed by atoms with Gasteiger partial charge in [0.05, 0.1) is 12.3 Å². The van der Waals surface area contributed by atoms with Crippen molar-refractivity contribution in [3.63, 3.8) is 0 Å². The number of carbonyl (C=O) groups excluding carboxylic acids is 1. The lowest BCUT2D eigenvalue weighted by Crippen LogP contribution is -2.36. The van der Waals surface area contributed by atoms with Crippen LogP contribution in [0.15, 0.2) is 16.6 Å². The number of benzene rings is 1. The molecule has 0 radical (unpaired) electrons. The van der Waals surface area contributed by atoms with Crippen molar-refractivity contribution in [1.82, 2.24) is 4.72 Å². The van der Waals surface area contributed by atoms with Crippen molar-refractivity contribution in [2.24, 2.45) is 0 Å². The van der Waals surface area contributed by atoms with Crippen molar-refractivity contribution in [2.75, 3.05) is 11.3 Å². The van der Waals surface area contributed by atoms with E-state index in [9.17, 15) is 13.2 Å². The Morgan fingerprint density at radius 2 is 2.00 bits per heavy atom. The van der Waals surface area contributed by atoms with Gasteiger partial charge in [0.25, 0.3) is 0 Å². The molecule has 1 aromatic carbocycles. The summed E-state index contributed by atoms with van der Waals surface area (Å²) in [6, 6.07) is 3.60. The molecule has 1 aromatic rings. The van der Waals surface area contributed by atoms with E-state index < -0.39 is 16.3 Å². The molecule has 1 amide bonds. The van der Waals surface area contributed by atoms with Crippen molar-refractivity contribution < 1.29 is 17.9 Å². The van der Waals surface area contributed by atoms with Crippen LogP contribution >= 0.6 is 15.9 Å². The van der Waals surface area contributed by atoms with Gasteiger partial charge >= 0.3 is 16.3 Å². The quantitative estimate of drug-likeness (QED) is 0.873. The molecule has 8 heteroatoms. The molecule has 0 spiro atoms. The number of ether oxygens (including phenoxy) is 1. The second-order valence-corrected chi connectivity index (χ2v) is 6.14. The molecular formula is C11H15BrN2O4S. The van der Waals surface area contributed by atoms with Crippen LogP contribution in [0, 0.1) is 13.8 Å². The van der Waals surface area contributed by atoms with Gasteiger partial charge in [0.15, 0.2) is 0 Å². The third kappa shape index (κ3) is 4.71. The van der Waals surface area contributed by atoms with Crippen molar-refractivity contribution in [1.29, 1.82) is 0 Å². The smallest absolute Gasteiger partial charge is 0.422 e.